The second-order valence-corrected chi connectivity index (χ2v) is 7.84. The maximum atomic E-state index is 12.8. The molecule has 0 aliphatic carbocycles. The highest BCUT2D eigenvalue weighted by molar-refractivity contribution is 8.00. The quantitative estimate of drug-likeness (QED) is 0.728. The number of nitrogens with zero attached hydrogens (tertiary/aromatic N) is 1. The van der Waals surface area contributed by atoms with Crippen molar-refractivity contribution in [1.29, 1.82) is 0 Å². The van der Waals surface area contributed by atoms with Crippen LogP contribution in [-0.4, -0.2) is 37.5 Å². The van der Waals surface area contributed by atoms with E-state index >= 15 is 0 Å². The number of amides is 1. The number of ether oxygens (including phenoxy) is 1. The Labute approximate surface area is 166 Å². The van der Waals surface area contributed by atoms with Gasteiger partial charge in [-0.1, -0.05) is 6.07 Å². The molecule has 3 rings (SSSR count). The molecule has 0 radical (unpaired) electrons. The van der Waals surface area contributed by atoms with Gasteiger partial charge in [0.2, 0.25) is 5.91 Å². The molecule has 1 amide bonds. The summed E-state index contributed by atoms with van der Waals surface area (Å²) in [5.74, 6) is -0.262. The van der Waals surface area contributed by atoms with Crippen LogP contribution in [0, 0.1) is 0 Å². The molecule has 0 spiro atoms. The van der Waals surface area contributed by atoms with Crippen molar-refractivity contribution in [3.8, 4) is 0 Å². The largest absolute Gasteiger partial charge is 0.416 e. The number of benzene rings is 2. The molecule has 28 heavy (non-hydrogen) atoms. The van der Waals surface area contributed by atoms with E-state index in [1.165, 1.54) is 6.07 Å². The highest BCUT2D eigenvalue weighted by Crippen LogP contribution is 2.33. The van der Waals surface area contributed by atoms with Crippen molar-refractivity contribution in [2.75, 3.05) is 36.5 Å². The minimum Gasteiger partial charge on any atom is -0.378 e. The van der Waals surface area contributed by atoms with Gasteiger partial charge in [-0.05, 0) is 49.4 Å². The summed E-state index contributed by atoms with van der Waals surface area (Å²) in [7, 11) is 0. The molecule has 8 heteroatoms. The fraction of sp³-hybridized carbons (Fsp3) is 0.350. The molecule has 0 bridgehead atoms. The van der Waals surface area contributed by atoms with Crippen molar-refractivity contribution in [2.45, 2.75) is 23.2 Å². The molecule has 2 aromatic rings. The summed E-state index contributed by atoms with van der Waals surface area (Å²) in [6, 6.07) is 12.5. The zero-order chi connectivity index (χ0) is 20.1. The maximum Gasteiger partial charge on any atom is 0.416 e. The van der Waals surface area contributed by atoms with Gasteiger partial charge in [-0.2, -0.15) is 13.2 Å². The summed E-state index contributed by atoms with van der Waals surface area (Å²) in [6.07, 6.45) is -4.40. The fourth-order valence-electron chi connectivity index (χ4n) is 2.82. The number of hydrogen-bond acceptors (Lipinski definition) is 4. The molecule has 1 aliphatic heterocycles. The van der Waals surface area contributed by atoms with Crippen LogP contribution in [0.25, 0.3) is 0 Å². The molecule has 1 aliphatic rings. The van der Waals surface area contributed by atoms with Gasteiger partial charge in [0.1, 0.15) is 0 Å². The molecular weight excluding hydrogens is 389 g/mol. The average Bonchev–Trinajstić information content (AvgIpc) is 2.69. The minimum absolute atomic E-state index is 0.262. The van der Waals surface area contributed by atoms with E-state index in [1.54, 1.807) is 13.0 Å². The maximum absolute atomic E-state index is 12.8. The number of carbonyl (C=O) groups is 1. The zero-order valence-electron chi connectivity index (χ0n) is 15.3. The van der Waals surface area contributed by atoms with Gasteiger partial charge in [0.05, 0.1) is 24.0 Å². The van der Waals surface area contributed by atoms with Crippen LogP contribution in [0.4, 0.5) is 24.5 Å². The predicted molar refractivity (Wildman–Crippen MR) is 105 cm³/mol. The number of morpholine rings is 1. The summed E-state index contributed by atoms with van der Waals surface area (Å²) < 4.78 is 43.8. The summed E-state index contributed by atoms with van der Waals surface area (Å²) >= 11 is 1.09. The molecule has 4 nitrogen and oxygen atoms in total. The molecule has 0 aromatic heterocycles. The monoisotopic (exact) mass is 410 g/mol. The van der Waals surface area contributed by atoms with E-state index in [1.807, 2.05) is 24.3 Å². The van der Waals surface area contributed by atoms with Crippen LogP contribution >= 0.6 is 11.8 Å². The third-order valence-corrected chi connectivity index (χ3v) is 5.45. The summed E-state index contributed by atoms with van der Waals surface area (Å²) in [5.41, 5.74) is 0.995. The number of alkyl halides is 3. The number of anilines is 2. The van der Waals surface area contributed by atoms with Crippen molar-refractivity contribution in [1.82, 2.24) is 0 Å². The smallest absolute Gasteiger partial charge is 0.378 e. The number of nitrogens with one attached hydrogen (secondary N) is 1. The number of rotatable bonds is 5. The Balaban J connectivity index is 1.58. The molecule has 1 N–H and O–H groups in total. The Morgan fingerprint density at radius 1 is 1.14 bits per heavy atom. The molecule has 1 saturated heterocycles. The van der Waals surface area contributed by atoms with Crippen molar-refractivity contribution < 1.29 is 22.7 Å². The van der Waals surface area contributed by atoms with Gasteiger partial charge in [-0.15, -0.1) is 11.8 Å². The topological polar surface area (TPSA) is 41.6 Å². The van der Waals surface area contributed by atoms with Gasteiger partial charge < -0.3 is 15.0 Å². The number of carbonyl (C=O) groups excluding carboxylic acids is 1. The van der Waals surface area contributed by atoms with Crippen LogP contribution in [-0.2, 0) is 15.7 Å². The molecule has 0 saturated carbocycles. The van der Waals surface area contributed by atoms with Crippen LogP contribution in [0.3, 0.4) is 0 Å². The summed E-state index contributed by atoms with van der Waals surface area (Å²) in [5, 5.41) is 2.27. The van der Waals surface area contributed by atoms with Gasteiger partial charge in [-0.3, -0.25) is 4.79 Å². The standard InChI is InChI=1S/C20H21F3N2O2S/c1-14(28-18-4-2-3-15(13-18)20(21,22)23)19(26)24-16-5-7-17(8-6-16)25-9-11-27-12-10-25/h2-8,13-14H,9-12H2,1H3,(H,24,26)/t14-/m0/s1. The second-order valence-electron chi connectivity index (χ2n) is 6.42. The molecular formula is C20H21F3N2O2S. The SMILES string of the molecule is C[C@H](Sc1cccc(C(F)(F)F)c1)C(=O)Nc1ccc(N2CCOCC2)cc1. The molecule has 2 aromatic carbocycles. The Hall–Kier alpha value is -2.19. The molecule has 150 valence electrons. The van der Waals surface area contributed by atoms with Gasteiger partial charge in [-0.25, -0.2) is 0 Å². The normalized spacial score (nSPS) is 15.9. The van der Waals surface area contributed by atoms with E-state index in [2.05, 4.69) is 10.2 Å². The van der Waals surface area contributed by atoms with Crippen molar-refractivity contribution in [2.24, 2.45) is 0 Å². The van der Waals surface area contributed by atoms with E-state index < -0.39 is 17.0 Å². The van der Waals surface area contributed by atoms with Crippen LogP contribution in [0.5, 0.6) is 0 Å². The highest BCUT2D eigenvalue weighted by atomic mass is 32.2. The van der Waals surface area contributed by atoms with Crippen LogP contribution in [0.2, 0.25) is 0 Å². The lowest BCUT2D eigenvalue weighted by atomic mass is 10.2. The van der Waals surface area contributed by atoms with E-state index in [4.69, 9.17) is 4.74 Å². The first-order valence-corrected chi connectivity index (χ1v) is 9.78. The van der Waals surface area contributed by atoms with Crippen LogP contribution in [0.15, 0.2) is 53.4 Å². The Morgan fingerprint density at radius 2 is 1.82 bits per heavy atom. The lowest BCUT2D eigenvalue weighted by molar-refractivity contribution is -0.137. The molecule has 1 atom stereocenters. The third kappa shape index (κ3) is 5.42. The van der Waals surface area contributed by atoms with E-state index in [0.29, 0.717) is 23.8 Å². The van der Waals surface area contributed by atoms with E-state index in [-0.39, 0.29) is 5.91 Å². The van der Waals surface area contributed by atoms with E-state index in [9.17, 15) is 18.0 Å². The van der Waals surface area contributed by atoms with Crippen molar-refractivity contribution in [3.63, 3.8) is 0 Å². The highest BCUT2D eigenvalue weighted by Gasteiger charge is 2.30. The number of hydrogen-bond donors (Lipinski definition) is 1. The molecule has 1 heterocycles. The first-order chi connectivity index (χ1) is 13.3. The van der Waals surface area contributed by atoms with Crippen molar-refractivity contribution >= 4 is 29.0 Å². The van der Waals surface area contributed by atoms with E-state index in [0.717, 1.165) is 42.7 Å². The number of halogens is 3. The second kappa shape index (κ2) is 8.87. The van der Waals surface area contributed by atoms with Crippen LogP contribution in [0.1, 0.15) is 12.5 Å². The predicted octanol–water partition coefficient (Wildman–Crippen LogP) is 4.66. The summed E-state index contributed by atoms with van der Waals surface area (Å²) in [6.45, 7) is 4.72. The minimum atomic E-state index is -4.40. The average molecular weight is 410 g/mol. The summed E-state index contributed by atoms with van der Waals surface area (Å²) in [4.78, 5) is 15.0. The zero-order valence-corrected chi connectivity index (χ0v) is 16.1. The Bertz CT molecular complexity index is 806. The number of thioether (sulfide) groups is 1. The Kier molecular flexibility index (Phi) is 6.51. The van der Waals surface area contributed by atoms with Gasteiger partial charge >= 0.3 is 6.18 Å². The van der Waals surface area contributed by atoms with Crippen LogP contribution < -0.4 is 10.2 Å². The van der Waals surface area contributed by atoms with Crippen molar-refractivity contribution in [3.05, 3.63) is 54.1 Å². The van der Waals surface area contributed by atoms with Gasteiger partial charge in [0, 0.05) is 29.4 Å². The third-order valence-electron chi connectivity index (χ3n) is 4.35. The lowest BCUT2D eigenvalue weighted by Gasteiger charge is -2.28. The first-order valence-electron chi connectivity index (χ1n) is 8.90. The molecule has 1 fully saturated rings. The fourth-order valence-corrected chi connectivity index (χ4v) is 3.75. The van der Waals surface area contributed by atoms with Gasteiger partial charge in [0.15, 0.2) is 0 Å². The molecule has 0 unspecified atom stereocenters. The lowest BCUT2D eigenvalue weighted by Crippen LogP contribution is -2.36. The first kappa shape index (κ1) is 20.5. The Morgan fingerprint density at radius 3 is 2.46 bits per heavy atom. The van der Waals surface area contributed by atoms with Gasteiger partial charge in [0.25, 0.3) is 0 Å².